The van der Waals surface area contributed by atoms with Gasteiger partial charge in [-0.3, -0.25) is 10.1 Å². The largest absolute Gasteiger partial charge is 0.423 e. The zero-order chi connectivity index (χ0) is 16.7. The van der Waals surface area contributed by atoms with Crippen LogP contribution in [0.15, 0.2) is 79.1 Å². The van der Waals surface area contributed by atoms with Crippen molar-refractivity contribution in [2.24, 2.45) is 0 Å². The number of nitro groups is 1. The van der Waals surface area contributed by atoms with Crippen LogP contribution in [0.5, 0.6) is 5.75 Å². The number of esters is 1. The summed E-state index contributed by atoms with van der Waals surface area (Å²) >= 11 is 0. The van der Waals surface area contributed by atoms with Crippen LogP contribution in [-0.4, -0.2) is 10.9 Å². The number of rotatable bonds is 5. The van der Waals surface area contributed by atoms with Gasteiger partial charge in [-0.15, -0.1) is 5.73 Å². The van der Waals surface area contributed by atoms with Gasteiger partial charge in [-0.1, -0.05) is 36.9 Å². The number of carbonyl (C=O) groups excluding carboxylic acids is 1. The van der Waals surface area contributed by atoms with E-state index in [9.17, 15) is 14.9 Å². The maximum atomic E-state index is 11.8. The highest BCUT2D eigenvalue weighted by Crippen LogP contribution is 2.18. The average Bonchev–Trinajstić information content (AvgIpc) is 2.57. The van der Waals surface area contributed by atoms with Crippen LogP contribution in [0.25, 0.3) is 5.57 Å². The Morgan fingerprint density at radius 1 is 1.09 bits per heavy atom. The Bertz CT molecular complexity index is 786. The SMILES string of the molecule is C=C=C(/C=C/C(=O)Oc1ccc([N+](=O)[O-])cc1)c1ccccc1. The zero-order valence-corrected chi connectivity index (χ0v) is 12.1. The monoisotopic (exact) mass is 307 g/mol. The Labute approximate surface area is 133 Å². The Kier molecular flexibility index (Phi) is 5.23. The molecular weight excluding hydrogens is 294 g/mol. The molecule has 0 aliphatic carbocycles. The van der Waals surface area contributed by atoms with Gasteiger partial charge in [-0.2, -0.15) is 0 Å². The van der Waals surface area contributed by atoms with Crippen molar-refractivity contribution in [1.82, 2.24) is 0 Å². The van der Waals surface area contributed by atoms with Gasteiger partial charge in [0, 0.05) is 23.8 Å². The number of carbonyl (C=O) groups is 1. The molecule has 114 valence electrons. The van der Waals surface area contributed by atoms with Gasteiger partial charge in [0.15, 0.2) is 0 Å². The predicted octanol–water partition coefficient (Wildman–Crippen LogP) is 3.92. The molecule has 2 rings (SSSR count). The van der Waals surface area contributed by atoms with Crippen molar-refractivity contribution in [2.45, 2.75) is 0 Å². The van der Waals surface area contributed by atoms with E-state index in [4.69, 9.17) is 4.74 Å². The number of nitrogens with zero attached hydrogens (tertiary/aromatic N) is 1. The van der Waals surface area contributed by atoms with Crippen molar-refractivity contribution in [3.63, 3.8) is 0 Å². The zero-order valence-electron chi connectivity index (χ0n) is 12.1. The van der Waals surface area contributed by atoms with E-state index in [-0.39, 0.29) is 11.4 Å². The van der Waals surface area contributed by atoms with Crippen molar-refractivity contribution >= 4 is 17.2 Å². The molecule has 0 saturated carbocycles. The van der Waals surface area contributed by atoms with Crippen LogP contribution in [0.3, 0.4) is 0 Å². The van der Waals surface area contributed by atoms with E-state index in [0.29, 0.717) is 5.57 Å². The first-order chi connectivity index (χ1) is 11.1. The van der Waals surface area contributed by atoms with Crippen molar-refractivity contribution < 1.29 is 14.5 Å². The Hall–Kier alpha value is -3.43. The maximum absolute atomic E-state index is 11.8. The van der Waals surface area contributed by atoms with Crippen molar-refractivity contribution in [2.75, 3.05) is 0 Å². The first-order valence-corrected chi connectivity index (χ1v) is 6.70. The van der Waals surface area contributed by atoms with Gasteiger partial charge in [0.1, 0.15) is 5.75 Å². The number of allylic oxidation sites excluding steroid dienone is 2. The second-order valence-electron chi connectivity index (χ2n) is 4.46. The van der Waals surface area contributed by atoms with Crippen LogP contribution < -0.4 is 4.74 Å². The first-order valence-electron chi connectivity index (χ1n) is 6.70. The molecule has 0 N–H and O–H groups in total. The molecule has 0 aliphatic rings. The van der Waals surface area contributed by atoms with Gasteiger partial charge < -0.3 is 4.74 Å². The summed E-state index contributed by atoms with van der Waals surface area (Å²) in [6.45, 7) is 3.60. The van der Waals surface area contributed by atoms with Gasteiger partial charge in [-0.25, -0.2) is 4.79 Å². The predicted molar refractivity (Wildman–Crippen MR) is 86.9 cm³/mol. The summed E-state index contributed by atoms with van der Waals surface area (Å²) in [6.07, 6.45) is 2.80. The molecule has 0 radical (unpaired) electrons. The fourth-order valence-electron chi connectivity index (χ4n) is 1.81. The number of ether oxygens (including phenoxy) is 1. The van der Waals surface area contributed by atoms with E-state index in [0.717, 1.165) is 5.56 Å². The second kappa shape index (κ2) is 7.54. The molecule has 0 spiro atoms. The summed E-state index contributed by atoms with van der Waals surface area (Å²) < 4.78 is 5.07. The van der Waals surface area contributed by atoms with E-state index in [1.165, 1.54) is 30.3 Å². The standard InChI is InChI=1S/C18H13NO4/c1-2-14(15-6-4-3-5-7-15)8-13-18(20)23-17-11-9-16(10-12-17)19(21)22/h3-13H,1H2/b13-8+. The van der Waals surface area contributed by atoms with Crippen LogP contribution in [-0.2, 0) is 4.79 Å². The van der Waals surface area contributed by atoms with E-state index >= 15 is 0 Å². The summed E-state index contributed by atoms with van der Waals surface area (Å²) in [7, 11) is 0. The van der Waals surface area contributed by atoms with E-state index in [1.54, 1.807) is 6.08 Å². The molecule has 5 nitrogen and oxygen atoms in total. The quantitative estimate of drug-likeness (QED) is 0.160. The van der Waals surface area contributed by atoms with E-state index in [1.807, 2.05) is 30.3 Å². The minimum atomic E-state index is -0.595. The number of benzene rings is 2. The lowest BCUT2D eigenvalue weighted by Gasteiger charge is -2.01. The average molecular weight is 307 g/mol. The molecule has 2 aromatic carbocycles. The first kappa shape index (κ1) is 15.9. The Morgan fingerprint density at radius 2 is 1.74 bits per heavy atom. The number of hydrogen-bond donors (Lipinski definition) is 0. The van der Waals surface area contributed by atoms with E-state index in [2.05, 4.69) is 12.3 Å². The molecule has 0 fully saturated rings. The summed E-state index contributed by atoms with van der Waals surface area (Å²) in [5.74, 6) is -0.364. The number of nitro benzene ring substituents is 1. The molecule has 0 atom stereocenters. The van der Waals surface area contributed by atoms with Crippen LogP contribution in [0.1, 0.15) is 5.56 Å². The normalized spacial score (nSPS) is 10.1. The molecule has 0 aromatic heterocycles. The van der Waals surface area contributed by atoms with Crippen LogP contribution in [0.4, 0.5) is 5.69 Å². The molecular formula is C18H13NO4. The molecule has 5 heteroatoms. The minimum Gasteiger partial charge on any atom is -0.423 e. The second-order valence-corrected chi connectivity index (χ2v) is 4.46. The topological polar surface area (TPSA) is 69.4 Å². The maximum Gasteiger partial charge on any atom is 0.336 e. The number of non-ortho nitro benzene ring substituents is 1. The third-order valence-electron chi connectivity index (χ3n) is 2.93. The highest BCUT2D eigenvalue weighted by molar-refractivity contribution is 5.88. The van der Waals surface area contributed by atoms with Gasteiger partial charge in [0.2, 0.25) is 0 Å². The summed E-state index contributed by atoms with van der Waals surface area (Å²) in [5.41, 5.74) is 4.22. The van der Waals surface area contributed by atoms with Gasteiger partial charge >= 0.3 is 5.97 Å². The Morgan fingerprint density at radius 3 is 2.30 bits per heavy atom. The lowest BCUT2D eigenvalue weighted by atomic mass is 10.1. The van der Waals surface area contributed by atoms with Crippen molar-refractivity contribution in [3.8, 4) is 5.75 Å². The molecule has 2 aromatic rings. The van der Waals surface area contributed by atoms with E-state index < -0.39 is 10.9 Å². The highest BCUT2D eigenvalue weighted by atomic mass is 16.6. The fourth-order valence-corrected chi connectivity index (χ4v) is 1.81. The minimum absolute atomic E-state index is 0.0682. The molecule has 0 amide bonds. The smallest absolute Gasteiger partial charge is 0.336 e. The molecule has 0 unspecified atom stereocenters. The fraction of sp³-hybridized carbons (Fsp3) is 0. The van der Waals surface area contributed by atoms with Gasteiger partial charge in [0.05, 0.1) is 4.92 Å². The summed E-state index contributed by atoms with van der Waals surface area (Å²) in [4.78, 5) is 21.8. The number of hydrogen-bond acceptors (Lipinski definition) is 4. The van der Waals surface area contributed by atoms with Crippen molar-refractivity contribution in [3.05, 3.63) is 94.7 Å². The molecule has 0 saturated heterocycles. The molecule has 0 aliphatic heterocycles. The van der Waals surface area contributed by atoms with Gasteiger partial charge in [-0.05, 0) is 23.8 Å². The summed E-state index contributed by atoms with van der Waals surface area (Å²) in [5, 5.41) is 10.6. The lowest BCUT2D eigenvalue weighted by molar-refractivity contribution is -0.384. The molecule has 0 bridgehead atoms. The third kappa shape index (κ3) is 4.52. The van der Waals surface area contributed by atoms with Crippen LogP contribution in [0.2, 0.25) is 0 Å². The molecule has 23 heavy (non-hydrogen) atoms. The summed E-state index contributed by atoms with van der Waals surface area (Å²) in [6, 6.07) is 14.6. The molecule has 0 heterocycles. The van der Waals surface area contributed by atoms with Crippen molar-refractivity contribution in [1.29, 1.82) is 0 Å². The highest BCUT2D eigenvalue weighted by Gasteiger charge is 2.06. The Balaban J connectivity index is 2.04. The van der Waals surface area contributed by atoms with Crippen LogP contribution >= 0.6 is 0 Å². The lowest BCUT2D eigenvalue weighted by Crippen LogP contribution is -2.03. The van der Waals surface area contributed by atoms with Crippen LogP contribution in [0, 0.1) is 10.1 Å². The third-order valence-corrected chi connectivity index (χ3v) is 2.93. The van der Waals surface area contributed by atoms with Gasteiger partial charge in [0.25, 0.3) is 5.69 Å².